The minimum absolute atomic E-state index is 0. The smallest absolute Gasteiger partial charge is 0.675 e. The third-order valence-corrected chi connectivity index (χ3v) is 12.4. The van der Waals surface area contributed by atoms with Gasteiger partial charge in [-0.25, -0.2) is 0 Å². The second kappa shape index (κ2) is 43.7. The van der Waals surface area contributed by atoms with Gasteiger partial charge in [0.05, 0.1) is 0 Å². The van der Waals surface area contributed by atoms with Crippen molar-refractivity contribution in [3.8, 4) is 0 Å². The maximum absolute atomic E-state index is 7.80. The van der Waals surface area contributed by atoms with E-state index in [4.69, 9.17) is 22.9 Å². The fourth-order valence-electron chi connectivity index (χ4n) is 8.65. The minimum Gasteiger partial charge on any atom is -0.675 e. The van der Waals surface area contributed by atoms with Crippen LogP contribution in [0.15, 0.2) is 0 Å². The van der Waals surface area contributed by atoms with Crippen molar-refractivity contribution in [3.63, 3.8) is 0 Å². The third kappa shape index (κ3) is 42.0. The molecule has 0 aromatic rings. The SMILES string of the molecule is [NH-]C1CCCCCCCCCCC1.[NH-]C1CCCCCCCCCCC1.[NH-]C1CCCCCCCCCCC1.[NH-]C1CCCCCCCCCCC1.[Ti+4]. The van der Waals surface area contributed by atoms with E-state index in [0.29, 0.717) is 0 Å². The zero-order valence-corrected chi connectivity index (χ0v) is 37.5. The molecule has 0 atom stereocenters. The molecule has 0 radical (unpaired) electrons. The van der Waals surface area contributed by atoms with Crippen LogP contribution in [-0.4, -0.2) is 24.2 Å². The first kappa shape index (κ1) is 53.6. The molecular weight excluding hydrogens is 680 g/mol. The van der Waals surface area contributed by atoms with Gasteiger partial charge < -0.3 is 22.9 Å². The molecule has 4 fully saturated rings. The van der Waals surface area contributed by atoms with Crippen molar-refractivity contribution in [2.24, 2.45) is 0 Å². The van der Waals surface area contributed by atoms with E-state index < -0.39 is 0 Å². The van der Waals surface area contributed by atoms with Gasteiger partial charge in [-0.3, -0.25) is 0 Å². The summed E-state index contributed by atoms with van der Waals surface area (Å²) in [5.74, 6) is 0. The van der Waals surface area contributed by atoms with Gasteiger partial charge in [-0.2, -0.15) is 0 Å². The molecule has 4 aliphatic carbocycles. The predicted molar refractivity (Wildman–Crippen MR) is 236 cm³/mol. The van der Waals surface area contributed by atoms with Crippen molar-refractivity contribution < 1.29 is 21.7 Å². The first-order valence-electron chi connectivity index (χ1n) is 24.4. The van der Waals surface area contributed by atoms with E-state index in [9.17, 15) is 0 Å². The summed E-state index contributed by atoms with van der Waals surface area (Å²) in [6, 6.07) is 0.998. The van der Waals surface area contributed by atoms with E-state index in [1.807, 2.05) is 0 Å². The second-order valence-corrected chi connectivity index (χ2v) is 17.8. The Morgan fingerprint density at radius 2 is 0.226 bits per heavy atom. The van der Waals surface area contributed by atoms with E-state index >= 15 is 0 Å². The maximum atomic E-state index is 7.80. The molecule has 0 aromatic carbocycles. The van der Waals surface area contributed by atoms with Crippen LogP contribution in [0.5, 0.6) is 0 Å². The molecule has 0 spiro atoms. The number of hydrogen-bond acceptors (Lipinski definition) is 0. The van der Waals surface area contributed by atoms with Gasteiger partial charge in [0.25, 0.3) is 0 Å². The molecule has 53 heavy (non-hydrogen) atoms. The Hall–Kier alpha value is 0.554. The molecule has 4 aliphatic rings. The molecule has 0 bridgehead atoms. The number of rotatable bonds is 0. The average molecular weight is 777 g/mol. The zero-order valence-electron chi connectivity index (χ0n) is 35.9. The van der Waals surface area contributed by atoms with Crippen LogP contribution in [-0.2, 0) is 21.7 Å². The molecule has 4 N–H and O–H groups in total. The fraction of sp³-hybridized carbons (Fsp3) is 1.00. The zero-order chi connectivity index (χ0) is 37.4. The first-order chi connectivity index (χ1) is 25.6. The first-order valence-corrected chi connectivity index (χ1v) is 24.4. The van der Waals surface area contributed by atoms with Crippen LogP contribution in [0.25, 0.3) is 22.9 Å². The minimum atomic E-state index is 0. The molecule has 4 nitrogen and oxygen atoms in total. The Kier molecular flexibility index (Phi) is 44.1. The maximum Gasteiger partial charge on any atom is 4.00 e. The number of nitrogens with one attached hydrogen (secondary N) is 4. The molecule has 312 valence electrons. The monoisotopic (exact) mass is 777 g/mol. The molecule has 0 heterocycles. The van der Waals surface area contributed by atoms with Gasteiger partial charge in [-0.1, -0.05) is 283 Å². The summed E-state index contributed by atoms with van der Waals surface area (Å²) in [7, 11) is 0. The summed E-state index contributed by atoms with van der Waals surface area (Å²) in [6.45, 7) is 0. The molecule has 0 saturated heterocycles. The molecule has 0 aromatic heterocycles. The average Bonchev–Trinajstić information content (AvgIpc) is 3.12. The molecule has 0 unspecified atom stereocenters. The second-order valence-electron chi connectivity index (χ2n) is 17.8. The summed E-state index contributed by atoms with van der Waals surface area (Å²) in [6.07, 6.45) is 59.1. The van der Waals surface area contributed by atoms with Gasteiger partial charge in [0.2, 0.25) is 0 Å². The van der Waals surface area contributed by atoms with E-state index in [1.165, 1.54) is 231 Å². The summed E-state index contributed by atoms with van der Waals surface area (Å²) in [5.41, 5.74) is 31.2. The van der Waals surface area contributed by atoms with Crippen molar-refractivity contribution in [2.75, 3.05) is 0 Å². The Morgan fingerprint density at radius 3 is 0.321 bits per heavy atom. The van der Waals surface area contributed by atoms with Crippen molar-refractivity contribution >= 4 is 0 Å². The van der Waals surface area contributed by atoms with Crippen molar-refractivity contribution in [1.82, 2.24) is 0 Å². The Morgan fingerprint density at radius 1 is 0.151 bits per heavy atom. The van der Waals surface area contributed by atoms with Crippen LogP contribution in [0.2, 0.25) is 0 Å². The molecule has 0 amide bonds. The topological polar surface area (TPSA) is 95.2 Å². The Labute approximate surface area is 349 Å². The summed E-state index contributed by atoms with van der Waals surface area (Å²) < 4.78 is 0. The van der Waals surface area contributed by atoms with Crippen LogP contribution in [0.4, 0.5) is 0 Å². The standard InChI is InChI=1S/4C12H24N.Ti/c4*13-12-10-8-6-4-2-1-3-5-7-9-11-12;/h4*12-13H,1-11H2;/q4*-1;+4. The molecular formula is C48H96N4Ti. The van der Waals surface area contributed by atoms with Crippen LogP contribution in [0, 0.1) is 0 Å². The Balaban J connectivity index is 0.000000676. The molecule has 0 aliphatic heterocycles. The summed E-state index contributed by atoms with van der Waals surface area (Å²) >= 11 is 0. The van der Waals surface area contributed by atoms with Crippen molar-refractivity contribution in [3.05, 3.63) is 22.9 Å². The van der Waals surface area contributed by atoms with Crippen LogP contribution < -0.4 is 0 Å². The van der Waals surface area contributed by atoms with E-state index in [0.717, 1.165) is 51.4 Å². The number of hydrogen-bond donors (Lipinski definition) is 0. The third-order valence-electron chi connectivity index (χ3n) is 12.4. The Bertz CT molecular complexity index is 518. The van der Waals surface area contributed by atoms with Crippen LogP contribution >= 0.6 is 0 Å². The molecule has 4 saturated carbocycles. The largest absolute Gasteiger partial charge is 4.00 e. The van der Waals surface area contributed by atoms with Gasteiger partial charge in [-0.15, -0.1) is 24.2 Å². The van der Waals surface area contributed by atoms with Gasteiger partial charge in [-0.05, 0) is 0 Å². The van der Waals surface area contributed by atoms with Gasteiger partial charge in [0.15, 0.2) is 0 Å². The van der Waals surface area contributed by atoms with E-state index in [2.05, 4.69) is 0 Å². The van der Waals surface area contributed by atoms with E-state index in [-0.39, 0.29) is 45.9 Å². The fourth-order valence-corrected chi connectivity index (χ4v) is 8.65. The van der Waals surface area contributed by atoms with E-state index in [1.54, 1.807) is 0 Å². The van der Waals surface area contributed by atoms with Gasteiger partial charge >= 0.3 is 21.7 Å². The van der Waals surface area contributed by atoms with Crippen molar-refractivity contribution in [2.45, 2.75) is 307 Å². The van der Waals surface area contributed by atoms with Crippen LogP contribution in [0.1, 0.15) is 283 Å². The quantitative estimate of drug-likeness (QED) is 0.219. The van der Waals surface area contributed by atoms with Gasteiger partial charge in [0.1, 0.15) is 0 Å². The van der Waals surface area contributed by atoms with Crippen LogP contribution in [0.3, 0.4) is 0 Å². The predicted octanol–water partition coefficient (Wildman–Crippen LogP) is 18.8. The molecule has 4 rings (SSSR count). The van der Waals surface area contributed by atoms with Crippen molar-refractivity contribution in [1.29, 1.82) is 0 Å². The normalized spacial score (nSPS) is 24.2. The molecule has 5 heteroatoms. The summed E-state index contributed by atoms with van der Waals surface area (Å²) in [5, 5.41) is 0. The summed E-state index contributed by atoms with van der Waals surface area (Å²) in [4.78, 5) is 0. The van der Waals surface area contributed by atoms with Gasteiger partial charge in [0, 0.05) is 0 Å².